The van der Waals surface area contributed by atoms with Crippen LogP contribution in [0.4, 0.5) is 0 Å². The summed E-state index contributed by atoms with van der Waals surface area (Å²) in [5.74, 6) is 0.0483. The molecule has 4 nitrogen and oxygen atoms in total. The molecule has 4 heteroatoms. The molecule has 94 valence electrons. The molecule has 1 aliphatic carbocycles. The molecule has 0 radical (unpaired) electrons. The number of aliphatic hydroxyl groups is 1. The molecule has 0 saturated heterocycles. The Morgan fingerprint density at radius 3 is 2.50 bits per heavy atom. The molecule has 0 heterocycles. The maximum Gasteiger partial charge on any atom is 0.237 e. The quantitative estimate of drug-likeness (QED) is 0.652. The Kier molecular flexibility index (Phi) is 5.77. The average Bonchev–Trinajstić information content (AvgIpc) is 2.30. The minimum absolute atomic E-state index is 0.0351. The molecular formula is C12H24N2O2. The lowest BCUT2D eigenvalue weighted by atomic mass is 9.95. The number of nitrogens with one attached hydrogen (secondary N) is 2. The van der Waals surface area contributed by atoms with Crippen LogP contribution in [-0.4, -0.2) is 35.7 Å². The second kappa shape index (κ2) is 6.86. The van der Waals surface area contributed by atoms with Crippen LogP contribution >= 0.6 is 0 Å². The largest absolute Gasteiger partial charge is 0.395 e. The summed E-state index contributed by atoms with van der Waals surface area (Å²) in [7, 11) is 0. The summed E-state index contributed by atoms with van der Waals surface area (Å²) >= 11 is 0. The van der Waals surface area contributed by atoms with Gasteiger partial charge in [0.05, 0.1) is 12.6 Å². The summed E-state index contributed by atoms with van der Waals surface area (Å²) in [6.07, 6.45) is 5.95. The van der Waals surface area contributed by atoms with Crippen molar-refractivity contribution in [2.24, 2.45) is 0 Å². The first kappa shape index (κ1) is 13.5. The minimum Gasteiger partial charge on any atom is -0.395 e. The summed E-state index contributed by atoms with van der Waals surface area (Å²) in [5.41, 5.74) is 0. The molecule has 1 aliphatic rings. The third-order valence-electron chi connectivity index (χ3n) is 3.15. The van der Waals surface area contributed by atoms with E-state index in [4.69, 9.17) is 5.11 Å². The Bertz CT molecular complexity index is 215. The van der Waals surface area contributed by atoms with Gasteiger partial charge in [-0.3, -0.25) is 4.79 Å². The van der Waals surface area contributed by atoms with Crippen molar-refractivity contribution in [2.75, 3.05) is 6.61 Å². The van der Waals surface area contributed by atoms with Crippen LogP contribution in [0.25, 0.3) is 0 Å². The van der Waals surface area contributed by atoms with Gasteiger partial charge in [-0.1, -0.05) is 19.3 Å². The van der Waals surface area contributed by atoms with E-state index in [-0.39, 0.29) is 24.6 Å². The zero-order valence-electron chi connectivity index (χ0n) is 10.3. The van der Waals surface area contributed by atoms with Crippen molar-refractivity contribution in [2.45, 2.75) is 64.1 Å². The van der Waals surface area contributed by atoms with E-state index >= 15 is 0 Å². The second-order valence-corrected chi connectivity index (χ2v) is 4.82. The van der Waals surface area contributed by atoms with Gasteiger partial charge in [0.2, 0.25) is 5.91 Å². The van der Waals surface area contributed by atoms with Gasteiger partial charge in [0.25, 0.3) is 0 Å². The molecule has 0 aromatic carbocycles. The fourth-order valence-electron chi connectivity index (χ4n) is 2.13. The Morgan fingerprint density at radius 1 is 1.31 bits per heavy atom. The van der Waals surface area contributed by atoms with Gasteiger partial charge < -0.3 is 15.7 Å². The van der Waals surface area contributed by atoms with Gasteiger partial charge in [-0.25, -0.2) is 0 Å². The number of carbonyl (C=O) groups is 1. The van der Waals surface area contributed by atoms with E-state index in [9.17, 15) is 4.79 Å². The molecule has 1 rings (SSSR count). The summed E-state index contributed by atoms with van der Waals surface area (Å²) in [6.45, 7) is 3.76. The van der Waals surface area contributed by atoms with Crippen LogP contribution in [0.1, 0.15) is 46.0 Å². The van der Waals surface area contributed by atoms with Crippen molar-refractivity contribution in [3.63, 3.8) is 0 Å². The third-order valence-corrected chi connectivity index (χ3v) is 3.15. The van der Waals surface area contributed by atoms with Crippen LogP contribution in [0.2, 0.25) is 0 Å². The van der Waals surface area contributed by atoms with E-state index in [0.29, 0.717) is 6.04 Å². The average molecular weight is 228 g/mol. The number of amides is 1. The maximum absolute atomic E-state index is 11.8. The molecule has 3 N–H and O–H groups in total. The molecule has 1 fully saturated rings. The topological polar surface area (TPSA) is 61.4 Å². The van der Waals surface area contributed by atoms with Gasteiger partial charge in [-0.15, -0.1) is 0 Å². The first-order valence-electron chi connectivity index (χ1n) is 6.30. The first-order valence-corrected chi connectivity index (χ1v) is 6.30. The lowest BCUT2D eigenvalue weighted by Gasteiger charge is -2.25. The van der Waals surface area contributed by atoms with Crippen molar-refractivity contribution in [3.05, 3.63) is 0 Å². The van der Waals surface area contributed by atoms with Gasteiger partial charge in [-0.2, -0.15) is 0 Å². The molecule has 1 saturated carbocycles. The lowest BCUT2D eigenvalue weighted by Crippen LogP contribution is -2.49. The van der Waals surface area contributed by atoms with Gasteiger partial charge in [0.1, 0.15) is 0 Å². The van der Waals surface area contributed by atoms with Crippen LogP contribution in [0.15, 0.2) is 0 Å². The molecular weight excluding hydrogens is 204 g/mol. The number of hydrogen-bond donors (Lipinski definition) is 3. The van der Waals surface area contributed by atoms with Gasteiger partial charge in [0.15, 0.2) is 0 Å². The Hall–Kier alpha value is -0.610. The Morgan fingerprint density at radius 2 is 1.94 bits per heavy atom. The summed E-state index contributed by atoms with van der Waals surface area (Å²) in [5, 5.41) is 15.0. The zero-order valence-corrected chi connectivity index (χ0v) is 10.3. The SMILES string of the molecule is CC(CO)NC(C)C(=O)NC1CCCCC1. The number of carbonyl (C=O) groups excluding carboxylic acids is 1. The maximum atomic E-state index is 11.8. The molecule has 2 unspecified atom stereocenters. The number of rotatable bonds is 5. The van der Waals surface area contributed by atoms with Crippen molar-refractivity contribution >= 4 is 5.91 Å². The standard InChI is InChI=1S/C12H24N2O2/c1-9(8-15)13-10(2)12(16)14-11-6-4-3-5-7-11/h9-11,13,15H,3-8H2,1-2H3,(H,14,16). The van der Waals surface area contributed by atoms with Crippen LogP contribution in [0, 0.1) is 0 Å². The predicted molar refractivity (Wildman–Crippen MR) is 64.2 cm³/mol. The van der Waals surface area contributed by atoms with Crippen LogP contribution in [0.5, 0.6) is 0 Å². The van der Waals surface area contributed by atoms with Gasteiger partial charge >= 0.3 is 0 Å². The highest BCUT2D eigenvalue weighted by Crippen LogP contribution is 2.17. The second-order valence-electron chi connectivity index (χ2n) is 4.82. The van der Waals surface area contributed by atoms with Crippen molar-refractivity contribution < 1.29 is 9.90 Å². The van der Waals surface area contributed by atoms with E-state index in [2.05, 4.69) is 10.6 Å². The molecule has 2 atom stereocenters. The minimum atomic E-state index is -0.232. The van der Waals surface area contributed by atoms with E-state index in [0.717, 1.165) is 12.8 Å². The molecule has 16 heavy (non-hydrogen) atoms. The molecule has 0 bridgehead atoms. The first-order chi connectivity index (χ1) is 7.63. The van der Waals surface area contributed by atoms with E-state index in [1.54, 1.807) is 0 Å². The Labute approximate surface area is 97.8 Å². The van der Waals surface area contributed by atoms with Crippen LogP contribution in [-0.2, 0) is 4.79 Å². The van der Waals surface area contributed by atoms with E-state index in [1.807, 2.05) is 13.8 Å². The smallest absolute Gasteiger partial charge is 0.237 e. The molecule has 0 aromatic heterocycles. The number of aliphatic hydroxyl groups excluding tert-OH is 1. The van der Waals surface area contributed by atoms with Crippen molar-refractivity contribution in [1.82, 2.24) is 10.6 Å². The van der Waals surface area contributed by atoms with Gasteiger partial charge in [0, 0.05) is 12.1 Å². The monoisotopic (exact) mass is 228 g/mol. The third kappa shape index (κ3) is 4.49. The number of hydrogen-bond acceptors (Lipinski definition) is 3. The van der Waals surface area contributed by atoms with Gasteiger partial charge in [-0.05, 0) is 26.7 Å². The highest BCUT2D eigenvalue weighted by Gasteiger charge is 2.20. The Balaban J connectivity index is 2.27. The summed E-state index contributed by atoms with van der Waals surface area (Å²) < 4.78 is 0. The van der Waals surface area contributed by atoms with E-state index < -0.39 is 0 Å². The lowest BCUT2D eigenvalue weighted by molar-refractivity contribution is -0.123. The van der Waals surface area contributed by atoms with Crippen LogP contribution in [0.3, 0.4) is 0 Å². The van der Waals surface area contributed by atoms with Crippen molar-refractivity contribution in [3.8, 4) is 0 Å². The highest BCUT2D eigenvalue weighted by atomic mass is 16.3. The van der Waals surface area contributed by atoms with E-state index in [1.165, 1.54) is 19.3 Å². The fourth-order valence-corrected chi connectivity index (χ4v) is 2.13. The summed E-state index contributed by atoms with van der Waals surface area (Å²) in [4.78, 5) is 11.8. The fraction of sp³-hybridized carbons (Fsp3) is 0.917. The van der Waals surface area contributed by atoms with Crippen molar-refractivity contribution in [1.29, 1.82) is 0 Å². The highest BCUT2D eigenvalue weighted by molar-refractivity contribution is 5.81. The molecule has 1 amide bonds. The normalized spacial score (nSPS) is 21.4. The summed E-state index contributed by atoms with van der Waals surface area (Å²) in [6, 6.07) is 0.0890. The zero-order chi connectivity index (χ0) is 12.0. The molecule has 0 spiro atoms. The molecule has 0 aromatic rings. The molecule has 0 aliphatic heterocycles. The van der Waals surface area contributed by atoms with Crippen LogP contribution < -0.4 is 10.6 Å². The predicted octanol–water partition coefficient (Wildman–Crippen LogP) is 0.794.